The highest BCUT2D eigenvalue weighted by atomic mass is 16.4. The minimum absolute atomic E-state index is 0.109. The summed E-state index contributed by atoms with van der Waals surface area (Å²) in [6.45, 7) is 2.60. The highest BCUT2D eigenvalue weighted by molar-refractivity contribution is 6.20. The molecule has 32 heavy (non-hydrogen) atoms. The van der Waals surface area contributed by atoms with Gasteiger partial charge >= 0.3 is 5.97 Å². The summed E-state index contributed by atoms with van der Waals surface area (Å²) >= 11 is 0. The molecule has 1 N–H and O–H groups in total. The second-order valence-electron chi connectivity index (χ2n) is 8.39. The molecule has 0 unspecified atom stereocenters. The molecule has 6 nitrogen and oxygen atoms in total. The topological polar surface area (TPSA) is 64.1 Å². The van der Waals surface area contributed by atoms with E-state index in [1.807, 2.05) is 40.1 Å². The van der Waals surface area contributed by atoms with Crippen LogP contribution >= 0.6 is 0 Å². The first-order valence-corrected chi connectivity index (χ1v) is 10.8. The average Bonchev–Trinajstić information content (AvgIpc) is 3.08. The lowest BCUT2D eigenvalue weighted by atomic mass is 10.0. The number of likely N-dealkylation sites (N-methyl/N-ethyl adjacent to an activating group) is 1. The first-order valence-electron chi connectivity index (χ1n) is 10.8. The molecule has 6 heteroatoms. The molecule has 0 saturated carbocycles. The SMILES string of the molecule is CN(CCN1C2=C(C(=O)O)C(=O)CCN2c2cc3ccccc3cc21)Cc1ccccc1. The number of carbonyl (C=O) groups is 2. The van der Waals surface area contributed by atoms with E-state index < -0.39 is 5.97 Å². The number of ketones is 1. The number of benzene rings is 3. The second-order valence-corrected chi connectivity index (χ2v) is 8.39. The lowest BCUT2D eigenvalue weighted by molar-refractivity contribution is -0.134. The lowest BCUT2D eigenvalue weighted by Gasteiger charge is -2.31. The summed E-state index contributed by atoms with van der Waals surface area (Å²) in [5.74, 6) is -0.953. The Balaban J connectivity index is 1.53. The van der Waals surface area contributed by atoms with E-state index in [1.54, 1.807) is 0 Å². The first-order chi connectivity index (χ1) is 15.5. The summed E-state index contributed by atoms with van der Waals surface area (Å²) in [5, 5.41) is 12.1. The van der Waals surface area contributed by atoms with Crippen LogP contribution in [0.3, 0.4) is 0 Å². The van der Waals surface area contributed by atoms with Gasteiger partial charge in [-0.2, -0.15) is 0 Å². The van der Waals surface area contributed by atoms with Crippen LogP contribution in [-0.4, -0.2) is 48.4 Å². The van der Waals surface area contributed by atoms with Crippen LogP contribution in [0.5, 0.6) is 0 Å². The minimum Gasteiger partial charge on any atom is -0.477 e. The number of nitrogens with zero attached hydrogens (tertiary/aromatic N) is 3. The number of carbonyl (C=O) groups excluding carboxylic acids is 1. The van der Waals surface area contributed by atoms with E-state index in [2.05, 4.69) is 48.3 Å². The van der Waals surface area contributed by atoms with Gasteiger partial charge in [0.05, 0.1) is 11.4 Å². The van der Waals surface area contributed by atoms with E-state index >= 15 is 0 Å². The molecule has 2 aliphatic rings. The van der Waals surface area contributed by atoms with Crippen molar-refractivity contribution in [1.29, 1.82) is 0 Å². The van der Waals surface area contributed by atoms with Crippen LogP contribution in [0.2, 0.25) is 0 Å². The van der Waals surface area contributed by atoms with Gasteiger partial charge in [0.2, 0.25) is 0 Å². The quantitative estimate of drug-likeness (QED) is 0.603. The number of anilines is 2. The van der Waals surface area contributed by atoms with Crippen molar-refractivity contribution in [3.05, 3.63) is 83.7 Å². The fourth-order valence-electron chi connectivity index (χ4n) is 4.67. The highest BCUT2D eigenvalue weighted by Gasteiger charge is 2.41. The lowest BCUT2D eigenvalue weighted by Crippen LogP contribution is -2.41. The number of carboxylic acids is 1. The summed E-state index contributed by atoms with van der Waals surface area (Å²) in [7, 11) is 2.06. The van der Waals surface area contributed by atoms with E-state index in [-0.39, 0.29) is 17.8 Å². The van der Waals surface area contributed by atoms with Crippen molar-refractivity contribution in [1.82, 2.24) is 4.90 Å². The molecule has 0 aliphatic carbocycles. The van der Waals surface area contributed by atoms with Crippen LogP contribution in [0.25, 0.3) is 10.8 Å². The molecule has 0 spiro atoms. The fraction of sp³-hybridized carbons (Fsp3) is 0.231. The van der Waals surface area contributed by atoms with Crippen LogP contribution < -0.4 is 9.80 Å². The molecule has 3 aromatic rings. The van der Waals surface area contributed by atoms with Crippen LogP contribution in [0, 0.1) is 0 Å². The molecule has 0 aromatic heterocycles. The van der Waals surface area contributed by atoms with Gasteiger partial charge in [0.1, 0.15) is 11.4 Å². The number of fused-ring (bicyclic) bond motifs is 4. The molecule has 0 saturated heterocycles. The number of Topliss-reactive ketones (excluding diaryl/α,β-unsaturated/α-hetero) is 1. The van der Waals surface area contributed by atoms with Crippen molar-refractivity contribution < 1.29 is 14.7 Å². The maximum absolute atomic E-state index is 12.6. The number of hydrogen-bond acceptors (Lipinski definition) is 5. The minimum atomic E-state index is -1.16. The maximum Gasteiger partial charge on any atom is 0.343 e. The predicted molar refractivity (Wildman–Crippen MR) is 126 cm³/mol. The van der Waals surface area contributed by atoms with Crippen molar-refractivity contribution in [2.75, 3.05) is 36.5 Å². The van der Waals surface area contributed by atoms with Gasteiger partial charge in [0.25, 0.3) is 0 Å². The predicted octanol–water partition coefficient (Wildman–Crippen LogP) is 3.87. The van der Waals surface area contributed by atoms with Crippen molar-refractivity contribution >= 4 is 33.9 Å². The third-order valence-electron chi connectivity index (χ3n) is 6.22. The van der Waals surface area contributed by atoms with Gasteiger partial charge in [-0.05, 0) is 35.5 Å². The molecule has 0 bridgehead atoms. The van der Waals surface area contributed by atoms with Crippen molar-refractivity contribution in [3.8, 4) is 0 Å². The molecule has 0 fully saturated rings. The number of aliphatic carboxylic acids is 1. The fourth-order valence-corrected chi connectivity index (χ4v) is 4.67. The van der Waals surface area contributed by atoms with Gasteiger partial charge in [-0.1, -0.05) is 54.6 Å². The summed E-state index contributed by atoms with van der Waals surface area (Å²) in [5.41, 5.74) is 3.04. The Kier molecular flexibility index (Phi) is 5.15. The summed E-state index contributed by atoms with van der Waals surface area (Å²) in [4.78, 5) is 30.9. The molecule has 0 amide bonds. The zero-order valence-electron chi connectivity index (χ0n) is 18.0. The monoisotopic (exact) mass is 427 g/mol. The van der Waals surface area contributed by atoms with Crippen LogP contribution in [0.4, 0.5) is 11.4 Å². The molecule has 0 atom stereocenters. The second kappa shape index (κ2) is 8.13. The van der Waals surface area contributed by atoms with Crippen LogP contribution in [0.1, 0.15) is 12.0 Å². The normalized spacial score (nSPS) is 15.5. The third-order valence-corrected chi connectivity index (χ3v) is 6.22. The Morgan fingerprint density at radius 2 is 1.66 bits per heavy atom. The molecule has 2 heterocycles. The van der Waals surface area contributed by atoms with Crippen LogP contribution in [0.15, 0.2) is 78.1 Å². The maximum atomic E-state index is 12.6. The molecule has 2 aliphatic heterocycles. The van der Waals surface area contributed by atoms with Crippen molar-refractivity contribution in [3.63, 3.8) is 0 Å². The standard InChI is InChI=1S/C26H25N3O3/c1-27(17-18-7-3-2-4-8-18)13-14-29-22-16-20-10-6-5-9-19(20)15-21(22)28-12-11-23(30)24(25(28)29)26(31)32/h2-10,15-16H,11-14,17H2,1H3,(H,31,32). The van der Waals surface area contributed by atoms with Gasteiger partial charge in [-0.15, -0.1) is 0 Å². The van der Waals surface area contributed by atoms with Gasteiger partial charge in [0.15, 0.2) is 5.78 Å². The molecule has 0 radical (unpaired) electrons. The zero-order valence-corrected chi connectivity index (χ0v) is 18.0. The van der Waals surface area contributed by atoms with Crippen LogP contribution in [-0.2, 0) is 16.1 Å². The van der Waals surface area contributed by atoms with Crippen molar-refractivity contribution in [2.45, 2.75) is 13.0 Å². The molecule has 5 rings (SSSR count). The average molecular weight is 428 g/mol. The van der Waals surface area contributed by atoms with E-state index in [0.717, 1.165) is 35.2 Å². The number of carboxylic acid groups (broad SMARTS) is 1. The molecular weight excluding hydrogens is 402 g/mol. The van der Waals surface area contributed by atoms with Gasteiger partial charge in [-0.3, -0.25) is 4.79 Å². The number of rotatable bonds is 6. The molecule has 3 aromatic carbocycles. The Bertz CT molecular complexity index is 1240. The van der Waals surface area contributed by atoms with Gasteiger partial charge < -0.3 is 19.8 Å². The largest absolute Gasteiger partial charge is 0.477 e. The zero-order chi connectivity index (χ0) is 22.2. The van der Waals surface area contributed by atoms with Crippen molar-refractivity contribution in [2.24, 2.45) is 0 Å². The number of hydrogen-bond donors (Lipinski definition) is 1. The van der Waals surface area contributed by atoms with E-state index in [4.69, 9.17) is 0 Å². The molecule has 162 valence electrons. The first kappa shape index (κ1) is 20.3. The Morgan fingerprint density at radius 3 is 2.34 bits per heavy atom. The Morgan fingerprint density at radius 1 is 1.00 bits per heavy atom. The van der Waals surface area contributed by atoms with Gasteiger partial charge in [-0.25, -0.2) is 4.79 Å². The smallest absolute Gasteiger partial charge is 0.343 e. The Labute approximate surface area is 187 Å². The highest BCUT2D eigenvalue weighted by Crippen LogP contribution is 2.46. The summed E-state index contributed by atoms with van der Waals surface area (Å²) in [6, 6.07) is 22.6. The third kappa shape index (κ3) is 3.52. The Hall–Kier alpha value is -3.64. The van der Waals surface area contributed by atoms with Gasteiger partial charge in [0, 0.05) is 32.6 Å². The van der Waals surface area contributed by atoms with E-state index in [0.29, 0.717) is 18.9 Å². The van der Waals surface area contributed by atoms with E-state index in [1.165, 1.54) is 5.56 Å². The molecular formula is C26H25N3O3. The summed E-state index contributed by atoms with van der Waals surface area (Å²) < 4.78 is 0. The summed E-state index contributed by atoms with van der Waals surface area (Å²) in [6.07, 6.45) is 0.207. The van der Waals surface area contributed by atoms with E-state index in [9.17, 15) is 14.7 Å².